The fourth-order valence-electron chi connectivity index (χ4n) is 2.32. The van der Waals surface area contributed by atoms with Gasteiger partial charge in [-0.25, -0.2) is 9.67 Å². The molecule has 3 rings (SSSR count). The first-order chi connectivity index (χ1) is 11.5. The highest BCUT2D eigenvalue weighted by molar-refractivity contribution is 9.10. The van der Waals surface area contributed by atoms with E-state index >= 15 is 0 Å². The highest BCUT2D eigenvalue weighted by Gasteiger charge is 2.15. The second-order valence-corrected chi connectivity index (χ2v) is 5.59. The van der Waals surface area contributed by atoms with E-state index in [0.29, 0.717) is 22.3 Å². The summed E-state index contributed by atoms with van der Waals surface area (Å²) < 4.78 is 7.58. The maximum Gasteiger partial charge on any atom is 0.223 e. The third-order valence-corrected chi connectivity index (χ3v) is 3.94. The molecular formula is C15H20BrN7O. The van der Waals surface area contributed by atoms with Crippen LogP contribution in [-0.4, -0.2) is 37.1 Å². The summed E-state index contributed by atoms with van der Waals surface area (Å²) in [7, 11) is 1.65. The van der Waals surface area contributed by atoms with Gasteiger partial charge in [0.15, 0.2) is 11.2 Å². The summed E-state index contributed by atoms with van der Waals surface area (Å²) in [5.74, 6) is 0.985. The third kappa shape index (κ3) is 3.30. The molecule has 3 heterocycles. The van der Waals surface area contributed by atoms with Crippen LogP contribution in [0.3, 0.4) is 0 Å². The fraction of sp³-hybridized carbons (Fsp3) is 0.400. The van der Waals surface area contributed by atoms with Crippen LogP contribution < -0.4 is 10.5 Å². The van der Waals surface area contributed by atoms with Crippen LogP contribution in [0.25, 0.3) is 11.2 Å². The van der Waals surface area contributed by atoms with Crippen molar-refractivity contribution in [3.8, 4) is 5.75 Å². The summed E-state index contributed by atoms with van der Waals surface area (Å²) in [5.41, 5.74) is 9.59. The standard InChI is InChI=1S/C13H14BrN7O.C2H6/c1-6-4-16-8(7(2)10(6)22-3)5-21-12-9(19-20-21)11(14)17-13(15)18-12;1-2/h4H,5H2,1-3H3,(H2,15,17,18);1-2H3. The zero-order chi connectivity index (χ0) is 17.9. The summed E-state index contributed by atoms with van der Waals surface area (Å²) >= 11 is 3.31. The van der Waals surface area contributed by atoms with Crippen LogP contribution >= 0.6 is 15.9 Å². The average molecular weight is 394 g/mol. The Labute approximate surface area is 148 Å². The number of fused-ring (bicyclic) bond motifs is 1. The maximum absolute atomic E-state index is 5.68. The van der Waals surface area contributed by atoms with E-state index in [1.165, 1.54) is 0 Å². The molecule has 0 spiro atoms. The van der Waals surface area contributed by atoms with Crippen molar-refractivity contribution in [3.63, 3.8) is 0 Å². The molecule has 9 heteroatoms. The Morgan fingerprint density at radius 3 is 2.62 bits per heavy atom. The number of pyridine rings is 1. The average Bonchev–Trinajstić information content (AvgIpc) is 2.96. The van der Waals surface area contributed by atoms with Gasteiger partial charge in [0, 0.05) is 17.3 Å². The first-order valence-corrected chi connectivity index (χ1v) is 8.31. The minimum atomic E-state index is 0.161. The van der Waals surface area contributed by atoms with Crippen LogP contribution in [-0.2, 0) is 6.54 Å². The minimum absolute atomic E-state index is 0.161. The van der Waals surface area contributed by atoms with Gasteiger partial charge in [-0.3, -0.25) is 4.98 Å². The summed E-state index contributed by atoms with van der Waals surface area (Å²) in [6, 6.07) is 0. The Hall–Kier alpha value is -2.29. The van der Waals surface area contributed by atoms with Crippen molar-refractivity contribution in [2.75, 3.05) is 12.8 Å². The molecule has 0 aliphatic carbocycles. The first-order valence-electron chi connectivity index (χ1n) is 7.52. The molecule has 0 aliphatic heterocycles. The fourth-order valence-corrected chi connectivity index (χ4v) is 2.76. The van der Waals surface area contributed by atoms with Gasteiger partial charge in [-0.1, -0.05) is 19.1 Å². The topological polar surface area (TPSA) is 105 Å². The number of nitrogen functional groups attached to an aromatic ring is 1. The van der Waals surface area contributed by atoms with Crippen molar-refractivity contribution in [2.24, 2.45) is 0 Å². The molecule has 3 aromatic heterocycles. The molecule has 0 atom stereocenters. The van der Waals surface area contributed by atoms with Crippen molar-refractivity contribution in [3.05, 3.63) is 27.6 Å². The normalized spacial score (nSPS) is 10.4. The lowest BCUT2D eigenvalue weighted by Gasteiger charge is -2.12. The van der Waals surface area contributed by atoms with Gasteiger partial charge in [-0.05, 0) is 29.8 Å². The quantitative estimate of drug-likeness (QED) is 0.681. The van der Waals surface area contributed by atoms with Crippen LogP contribution in [0.5, 0.6) is 5.75 Å². The number of ether oxygens (including phenoxy) is 1. The maximum atomic E-state index is 5.68. The molecule has 0 fully saturated rings. The van der Waals surface area contributed by atoms with Gasteiger partial charge in [-0.2, -0.15) is 4.98 Å². The van der Waals surface area contributed by atoms with Crippen LogP contribution in [0.15, 0.2) is 10.8 Å². The number of anilines is 1. The number of aromatic nitrogens is 6. The number of nitrogens with two attached hydrogens (primary N) is 1. The predicted molar refractivity (Wildman–Crippen MR) is 95.9 cm³/mol. The SMILES string of the molecule is CC.COc1c(C)cnc(Cn2nnc3c(Br)nc(N)nc32)c1C. The number of halogens is 1. The third-order valence-electron chi connectivity index (χ3n) is 3.39. The Bertz CT molecular complexity index is 863. The molecule has 0 aromatic carbocycles. The van der Waals surface area contributed by atoms with E-state index in [4.69, 9.17) is 10.5 Å². The second kappa shape index (κ2) is 7.52. The summed E-state index contributed by atoms with van der Waals surface area (Å²) in [5, 5.41) is 8.18. The van der Waals surface area contributed by atoms with Gasteiger partial charge in [0.05, 0.1) is 19.3 Å². The van der Waals surface area contributed by atoms with Crippen LogP contribution in [0.1, 0.15) is 30.7 Å². The van der Waals surface area contributed by atoms with Crippen molar-refractivity contribution in [1.82, 2.24) is 29.9 Å². The molecule has 2 N–H and O–H groups in total. The summed E-state index contributed by atoms with van der Waals surface area (Å²) in [4.78, 5) is 12.7. The number of aryl methyl sites for hydroxylation is 1. The molecule has 3 aromatic rings. The van der Waals surface area contributed by atoms with E-state index < -0.39 is 0 Å². The zero-order valence-electron chi connectivity index (χ0n) is 14.3. The smallest absolute Gasteiger partial charge is 0.223 e. The van der Waals surface area contributed by atoms with Gasteiger partial charge in [0.1, 0.15) is 10.4 Å². The van der Waals surface area contributed by atoms with Gasteiger partial charge >= 0.3 is 0 Å². The molecule has 0 amide bonds. The van der Waals surface area contributed by atoms with E-state index in [1.807, 2.05) is 27.7 Å². The van der Waals surface area contributed by atoms with Crippen molar-refractivity contribution >= 4 is 33.0 Å². The largest absolute Gasteiger partial charge is 0.496 e. The number of methoxy groups -OCH3 is 1. The van der Waals surface area contributed by atoms with Crippen LogP contribution in [0, 0.1) is 13.8 Å². The second-order valence-electron chi connectivity index (χ2n) is 4.84. The summed E-state index contributed by atoms with van der Waals surface area (Å²) in [6.45, 7) is 8.34. The van der Waals surface area contributed by atoms with Crippen molar-refractivity contribution in [2.45, 2.75) is 34.2 Å². The molecule has 0 saturated carbocycles. The Kier molecular flexibility index (Phi) is 5.66. The Morgan fingerprint density at radius 2 is 1.96 bits per heavy atom. The molecule has 128 valence electrons. The lowest BCUT2D eigenvalue weighted by atomic mass is 10.1. The van der Waals surface area contributed by atoms with Crippen LogP contribution in [0.2, 0.25) is 0 Å². The molecule has 0 bridgehead atoms. The highest BCUT2D eigenvalue weighted by Crippen LogP contribution is 2.25. The highest BCUT2D eigenvalue weighted by atomic mass is 79.9. The Balaban J connectivity index is 0.00000100. The van der Waals surface area contributed by atoms with E-state index in [9.17, 15) is 0 Å². The Morgan fingerprint density at radius 1 is 1.25 bits per heavy atom. The van der Waals surface area contributed by atoms with E-state index in [0.717, 1.165) is 22.6 Å². The van der Waals surface area contributed by atoms with Gasteiger partial charge in [-0.15, -0.1) is 5.10 Å². The van der Waals surface area contributed by atoms with E-state index in [2.05, 4.69) is 41.2 Å². The van der Waals surface area contributed by atoms with Crippen molar-refractivity contribution in [1.29, 1.82) is 0 Å². The minimum Gasteiger partial charge on any atom is -0.496 e. The van der Waals surface area contributed by atoms with Crippen LogP contribution in [0.4, 0.5) is 5.95 Å². The van der Waals surface area contributed by atoms with Gasteiger partial charge in [0.2, 0.25) is 5.95 Å². The van der Waals surface area contributed by atoms with E-state index in [-0.39, 0.29) is 5.95 Å². The molecule has 0 unspecified atom stereocenters. The number of hydrogen-bond donors (Lipinski definition) is 1. The predicted octanol–water partition coefficient (Wildman–Crippen LogP) is 2.66. The zero-order valence-corrected chi connectivity index (χ0v) is 15.9. The lowest BCUT2D eigenvalue weighted by molar-refractivity contribution is 0.406. The molecule has 0 aliphatic rings. The molecular weight excluding hydrogens is 374 g/mol. The monoisotopic (exact) mass is 393 g/mol. The number of hydrogen-bond acceptors (Lipinski definition) is 7. The van der Waals surface area contributed by atoms with E-state index in [1.54, 1.807) is 18.0 Å². The number of rotatable bonds is 3. The van der Waals surface area contributed by atoms with Gasteiger partial charge < -0.3 is 10.5 Å². The first kappa shape index (κ1) is 18.1. The number of nitrogens with zero attached hydrogens (tertiary/aromatic N) is 6. The lowest BCUT2D eigenvalue weighted by Crippen LogP contribution is -2.09. The molecule has 0 radical (unpaired) electrons. The van der Waals surface area contributed by atoms with Gasteiger partial charge in [0.25, 0.3) is 0 Å². The summed E-state index contributed by atoms with van der Waals surface area (Å²) in [6.07, 6.45) is 1.78. The molecule has 0 saturated heterocycles. The molecule has 24 heavy (non-hydrogen) atoms. The molecule has 8 nitrogen and oxygen atoms in total. The van der Waals surface area contributed by atoms with Crippen molar-refractivity contribution < 1.29 is 4.74 Å².